The Kier molecular flexibility index (Phi) is 4.92. The van der Waals surface area contributed by atoms with Gasteiger partial charge in [0.05, 0.1) is 6.04 Å². The van der Waals surface area contributed by atoms with Gasteiger partial charge in [-0.05, 0) is 27.7 Å². The van der Waals surface area contributed by atoms with Crippen LogP contribution in [0.15, 0.2) is 34.9 Å². The first kappa shape index (κ1) is 17.5. The molecule has 1 aromatic carbocycles. The monoisotopic (exact) mass is 331 g/mol. The lowest BCUT2D eigenvalue weighted by atomic mass is 10.0. The fraction of sp³-hybridized carbons (Fsp3) is 0.353. The SMILES string of the molecule is C[C@@H](NC(=O)NC(C)(C)C)c1onc(-c2ccccc2)c1C(=O)O. The van der Waals surface area contributed by atoms with Crippen LogP contribution < -0.4 is 10.6 Å². The first-order valence-corrected chi connectivity index (χ1v) is 7.56. The van der Waals surface area contributed by atoms with Gasteiger partial charge in [0.1, 0.15) is 11.3 Å². The van der Waals surface area contributed by atoms with E-state index in [1.54, 1.807) is 31.2 Å². The quantitative estimate of drug-likeness (QED) is 0.798. The first-order valence-electron chi connectivity index (χ1n) is 7.56. The van der Waals surface area contributed by atoms with E-state index in [0.717, 1.165) is 0 Å². The van der Waals surface area contributed by atoms with Gasteiger partial charge in [-0.15, -0.1) is 0 Å². The zero-order chi connectivity index (χ0) is 17.9. The highest BCUT2D eigenvalue weighted by atomic mass is 16.5. The third kappa shape index (κ3) is 4.13. The van der Waals surface area contributed by atoms with Crippen LogP contribution in [0.25, 0.3) is 11.3 Å². The average Bonchev–Trinajstić information content (AvgIpc) is 2.91. The molecule has 0 spiro atoms. The lowest BCUT2D eigenvalue weighted by Crippen LogP contribution is -2.47. The third-order valence-corrected chi connectivity index (χ3v) is 3.21. The lowest BCUT2D eigenvalue weighted by molar-refractivity contribution is 0.0693. The number of nitrogens with one attached hydrogen (secondary N) is 2. The van der Waals surface area contributed by atoms with E-state index >= 15 is 0 Å². The zero-order valence-corrected chi connectivity index (χ0v) is 14.1. The summed E-state index contributed by atoms with van der Waals surface area (Å²) in [6.45, 7) is 7.19. The summed E-state index contributed by atoms with van der Waals surface area (Å²) in [4.78, 5) is 23.6. The number of urea groups is 1. The molecule has 0 saturated carbocycles. The van der Waals surface area contributed by atoms with Crippen LogP contribution in [0.3, 0.4) is 0 Å². The molecule has 7 heteroatoms. The number of amides is 2. The smallest absolute Gasteiger partial charge is 0.341 e. The van der Waals surface area contributed by atoms with Crippen LogP contribution in [0, 0.1) is 0 Å². The van der Waals surface area contributed by atoms with E-state index in [9.17, 15) is 14.7 Å². The number of carboxylic acid groups (broad SMARTS) is 1. The Bertz CT molecular complexity index is 732. The minimum Gasteiger partial charge on any atom is -0.477 e. The van der Waals surface area contributed by atoms with Crippen molar-refractivity contribution < 1.29 is 19.2 Å². The van der Waals surface area contributed by atoms with Crippen molar-refractivity contribution >= 4 is 12.0 Å². The van der Waals surface area contributed by atoms with E-state index in [-0.39, 0.29) is 17.0 Å². The van der Waals surface area contributed by atoms with Gasteiger partial charge in [0, 0.05) is 11.1 Å². The second kappa shape index (κ2) is 6.74. The van der Waals surface area contributed by atoms with Gasteiger partial charge in [-0.3, -0.25) is 0 Å². The van der Waals surface area contributed by atoms with Crippen molar-refractivity contribution in [3.8, 4) is 11.3 Å². The Morgan fingerprint density at radius 1 is 1.21 bits per heavy atom. The van der Waals surface area contributed by atoms with Crippen LogP contribution in [-0.4, -0.2) is 27.8 Å². The van der Waals surface area contributed by atoms with Gasteiger partial charge in [0.25, 0.3) is 0 Å². The van der Waals surface area contributed by atoms with Gasteiger partial charge in [-0.1, -0.05) is 35.5 Å². The number of carbonyl (C=O) groups excluding carboxylic acids is 1. The Balaban J connectivity index is 2.29. The molecule has 0 aliphatic heterocycles. The number of hydrogen-bond acceptors (Lipinski definition) is 4. The molecule has 1 atom stereocenters. The Morgan fingerprint density at radius 2 is 1.83 bits per heavy atom. The normalized spacial score (nSPS) is 12.5. The van der Waals surface area contributed by atoms with E-state index in [2.05, 4.69) is 15.8 Å². The standard InChI is InChI=1S/C17H21N3O4/c1-10(18-16(23)19-17(2,3)4)14-12(15(21)22)13(20-24-14)11-8-6-5-7-9-11/h5-10H,1-4H3,(H,21,22)(H2,18,19,23)/t10-/m1/s1. The summed E-state index contributed by atoms with van der Waals surface area (Å²) in [6, 6.07) is 7.83. The fourth-order valence-electron chi connectivity index (χ4n) is 2.24. The molecule has 0 aliphatic carbocycles. The van der Waals surface area contributed by atoms with Gasteiger partial charge in [0.2, 0.25) is 0 Å². The molecule has 0 saturated heterocycles. The second-order valence-corrected chi connectivity index (χ2v) is 6.51. The van der Waals surface area contributed by atoms with Gasteiger partial charge in [-0.2, -0.15) is 0 Å². The number of nitrogens with zero attached hydrogens (tertiary/aromatic N) is 1. The van der Waals surface area contributed by atoms with Gasteiger partial charge >= 0.3 is 12.0 Å². The van der Waals surface area contributed by atoms with Gasteiger partial charge in [0.15, 0.2) is 5.76 Å². The molecule has 1 heterocycles. The number of carbonyl (C=O) groups is 2. The summed E-state index contributed by atoms with van der Waals surface area (Å²) < 4.78 is 5.23. The molecule has 0 radical (unpaired) electrons. The predicted octanol–water partition coefficient (Wildman–Crippen LogP) is 3.20. The van der Waals surface area contributed by atoms with Crippen molar-refractivity contribution in [2.45, 2.75) is 39.3 Å². The third-order valence-electron chi connectivity index (χ3n) is 3.21. The van der Waals surface area contributed by atoms with Crippen LogP contribution in [0.5, 0.6) is 0 Å². The number of benzene rings is 1. The Labute approximate surface area is 140 Å². The molecule has 7 nitrogen and oxygen atoms in total. The molecule has 128 valence electrons. The molecule has 0 bridgehead atoms. The topological polar surface area (TPSA) is 104 Å². The molecule has 24 heavy (non-hydrogen) atoms. The molecule has 2 aromatic rings. The molecular weight excluding hydrogens is 310 g/mol. The van der Waals surface area contributed by atoms with Gasteiger partial charge < -0.3 is 20.3 Å². The summed E-state index contributed by atoms with van der Waals surface area (Å²) in [5.74, 6) is -1.06. The van der Waals surface area contributed by atoms with Crippen molar-refractivity contribution in [3.63, 3.8) is 0 Å². The molecule has 3 N–H and O–H groups in total. The Morgan fingerprint density at radius 3 is 2.38 bits per heavy atom. The second-order valence-electron chi connectivity index (χ2n) is 6.51. The van der Waals surface area contributed by atoms with Crippen LogP contribution in [-0.2, 0) is 0 Å². The van der Waals surface area contributed by atoms with Crippen LogP contribution >= 0.6 is 0 Å². The van der Waals surface area contributed by atoms with E-state index in [1.165, 1.54) is 0 Å². The minimum absolute atomic E-state index is 0.0511. The molecule has 1 aromatic heterocycles. The number of rotatable bonds is 4. The molecule has 0 fully saturated rings. The van der Waals surface area contributed by atoms with E-state index in [1.807, 2.05) is 26.8 Å². The van der Waals surface area contributed by atoms with Crippen molar-refractivity contribution in [3.05, 3.63) is 41.7 Å². The highest BCUT2D eigenvalue weighted by Crippen LogP contribution is 2.29. The van der Waals surface area contributed by atoms with Crippen LogP contribution in [0.2, 0.25) is 0 Å². The predicted molar refractivity (Wildman–Crippen MR) is 88.7 cm³/mol. The molecule has 0 unspecified atom stereocenters. The lowest BCUT2D eigenvalue weighted by Gasteiger charge is -2.22. The summed E-state index contributed by atoms with van der Waals surface area (Å²) >= 11 is 0. The summed E-state index contributed by atoms with van der Waals surface area (Å²) in [5.41, 5.74) is 0.416. The van der Waals surface area contributed by atoms with Gasteiger partial charge in [-0.25, -0.2) is 9.59 Å². The fourth-order valence-corrected chi connectivity index (χ4v) is 2.24. The van der Waals surface area contributed by atoms with Crippen molar-refractivity contribution in [2.24, 2.45) is 0 Å². The molecular formula is C17H21N3O4. The van der Waals surface area contributed by atoms with Crippen LogP contribution in [0.4, 0.5) is 4.79 Å². The summed E-state index contributed by atoms with van der Waals surface area (Å²) in [5, 5.41) is 18.8. The highest BCUT2D eigenvalue weighted by molar-refractivity contribution is 5.96. The van der Waals surface area contributed by atoms with Crippen molar-refractivity contribution in [1.82, 2.24) is 15.8 Å². The Hall–Kier alpha value is -2.83. The van der Waals surface area contributed by atoms with E-state index < -0.39 is 23.6 Å². The van der Waals surface area contributed by atoms with Crippen LogP contribution in [0.1, 0.15) is 49.9 Å². The maximum absolute atomic E-state index is 12.0. The first-order chi connectivity index (χ1) is 11.2. The zero-order valence-electron chi connectivity index (χ0n) is 14.1. The maximum Gasteiger partial charge on any atom is 0.341 e. The largest absolute Gasteiger partial charge is 0.477 e. The molecule has 2 amide bonds. The number of hydrogen-bond donors (Lipinski definition) is 3. The maximum atomic E-state index is 12.0. The number of aromatic nitrogens is 1. The average molecular weight is 331 g/mol. The molecule has 0 aliphatic rings. The summed E-state index contributed by atoms with van der Waals surface area (Å²) in [6.07, 6.45) is 0. The van der Waals surface area contributed by atoms with Crippen molar-refractivity contribution in [1.29, 1.82) is 0 Å². The van der Waals surface area contributed by atoms with E-state index in [0.29, 0.717) is 5.56 Å². The highest BCUT2D eigenvalue weighted by Gasteiger charge is 2.28. The van der Waals surface area contributed by atoms with Crippen molar-refractivity contribution in [2.75, 3.05) is 0 Å². The van der Waals surface area contributed by atoms with E-state index in [4.69, 9.17) is 4.52 Å². The summed E-state index contributed by atoms with van der Waals surface area (Å²) in [7, 11) is 0. The molecule has 2 rings (SSSR count). The number of aromatic carboxylic acids is 1. The number of carboxylic acids is 1. The minimum atomic E-state index is -1.16.